The lowest BCUT2D eigenvalue weighted by Gasteiger charge is -2.13. The summed E-state index contributed by atoms with van der Waals surface area (Å²) in [6.07, 6.45) is 1.59. The summed E-state index contributed by atoms with van der Waals surface area (Å²) in [6, 6.07) is 3.31. The minimum Gasteiger partial charge on any atom is -0.493 e. The second-order valence-corrected chi connectivity index (χ2v) is 4.32. The van der Waals surface area contributed by atoms with Gasteiger partial charge in [0.25, 0.3) is 0 Å². The highest BCUT2D eigenvalue weighted by Gasteiger charge is 2.13. The van der Waals surface area contributed by atoms with Gasteiger partial charge >= 0.3 is 0 Å². The zero-order valence-corrected chi connectivity index (χ0v) is 11.4. The van der Waals surface area contributed by atoms with Crippen LogP contribution in [0.15, 0.2) is 18.5 Å². The monoisotopic (exact) mass is 283 g/mol. The van der Waals surface area contributed by atoms with Crippen LogP contribution in [-0.4, -0.2) is 27.0 Å². The number of halogens is 1. The molecule has 0 aliphatic rings. The molecule has 1 heterocycles. The van der Waals surface area contributed by atoms with Crippen molar-refractivity contribution in [2.75, 3.05) is 7.11 Å². The smallest absolute Gasteiger partial charge is 0.180 e. The maximum absolute atomic E-state index is 9.11. The van der Waals surface area contributed by atoms with E-state index in [4.69, 9.17) is 26.2 Å². The fourth-order valence-corrected chi connectivity index (χ4v) is 1.87. The van der Waals surface area contributed by atoms with Crippen LogP contribution in [0.4, 0.5) is 0 Å². The second kappa shape index (κ2) is 5.90. The standard InChI is InChI=1S/C12H14ClN3O3/c1-16-7-14-15-11(16)6-19-12-9(13)3-8(5-17)4-10(12)18-2/h3-4,7,17H,5-6H2,1-2H3. The molecule has 0 unspecified atom stereocenters. The Kier molecular flexibility index (Phi) is 4.24. The Morgan fingerprint density at radius 1 is 1.42 bits per heavy atom. The number of rotatable bonds is 5. The third kappa shape index (κ3) is 2.97. The highest BCUT2D eigenvalue weighted by atomic mass is 35.5. The summed E-state index contributed by atoms with van der Waals surface area (Å²) in [5.41, 5.74) is 0.660. The summed E-state index contributed by atoms with van der Waals surface area (Å²) in [7, 11) is 3.34. The zero-order valence-electron chi connectivity index (χ0n) is 10.6. The maximum atomic E-state index is 9.11. The third-order valence-electron chi connectivity index (χ3n) is 2.62. The number of benzene rings is 1. The van der Waals surface area contributed by atoms with Crippen molar-refractivity contribution >= 4 is 11.6 Å². The van der Waals surface area contributed by atoms with Gasteiger partial charge in [-0.1, -0.05) is 11.6 Å². The van der Waals surface area contributed by atoms with Crippen LogP contribution in [0.3, 0.4) is 0 Å². The van der Waals surface area contributed by atoms with E-state index in [-0.39, 0.29) is 13.2 Å². The molecular formula is C12H14ClN3O3. The number of nitrogens with zero attached hydrogens (tertiary/aromatic N) is 3. The van der Waals surface area contributed by atoms with Gasteiger partial charge in [0.1, 0.15) is 12.9 Å². The Labute approximate surface area is 115 Å². The molecule has 0 saturated carbocycles. The summed E-state index contributed by atoms with van der Waals surface area (Å²) in [6.45, 7) is 0.116. The molecule has 0 saturated heterocycles. The molecular weight excluding hydrogens is 270 g/mol. The fraction of sp³-hybridized carbons (Fsp3) is 0.333. The van der Waals surface area contributed by atoms with E-state index in [1.165, 1.54) is 7.11 Å². The van der Waals surface area contributed by atoms with Gasteiger partial charge in [-0.2, -0.15) is 0 Å². The van der Waals surface area contributed by atoms with Crippen LogP contribution in [0, 0.1) is 0 Å². The Hall–Kier alpha value is -1.79. The van der Waals surface area contributed by atoms with E-state index in [1.807, 2.05) is 7.05 Å². The quantitative estimate of drug-likeness (QED) is 0.901. The van der Waals surface area contributed by atoms with E-state index in [1.54, 1.807) is 23.0 Å². The van der Waals surface area contributed by atoms with Gasteiger partial charge in [0.05, 0.1) is 18.7 Å². The third-order valence-corrected chi connectivity index (χ3v) is 2.90. The second-order valence-electron chi connectivity index (χ2n) is 3.91. The van der Waals surface area contributed by atoms with Crippen molar-refractivity contribution in [3.8, 4) is 11.5 Å². The molecule has 0 radical (unpaired) electrons. The molecule has 0 bridgehead atoms. The predicted octanol–water partition coefficient (Wildman–Crippen LogP) is 1.55. The molecule has 1 aromatic heterocycles. The number of aliphatic hydroxyl groups is 1. The van der Waals surface area contributed by atoms with Crippen LogP contribution in [0.25, 0.3) is 0 Å². The number of hydrogen-bond donors (Lipinski definition) is 1. The fourth-order valence-electron chi connectivity index (χ4n) is 1.58. The summed E-state index contributed by atoms with van der Waals surface area (Å²) < 4.78 is 12.6. The van der Waals surface area contributed by atoms with Crippen molar-refractivity contribution in [1.82, 2.24) is 14.8 Å². The number of aromatic nitrogens is 3. The first-order valence-electron chi connectivity index (χ1n) is 5.58. The molecule has 0 amide bonds. The first-order valence-corrected chi connectivity index (χ1v) is 5.96. The van der Waals surface area contributed by atoms with E-state index < -0.39 is 0 Å². The first-order chi connectivity index (χ1) is 9.15. The highest BCUT2D eigenvalue weighted by Crippen LogP contribution is 2.36. The molecule has 0 atom stereocenters. The molecule has 1 aromatic carbocycles. The van der Waals surface area contributed by atoms with Crippen LogP contribution in [-0.2, 0) is 20.3 Å². The predicted molar refractivity (Wildman–Crippen MR) is 69.3 cm³/mol. The van der Waals surface area contributed by atoms with Gasteiger partial charge in [0.2, 0.25) is 0 Å². The molecule has 2 aromatic rings. The normalized spacial score (nSPS) is 10.5. The Morgan fingerprint density at radius 2 is 2.21 bits per heavy atom. The maximum Gasteiger partial charge on any atom is 0.180 e. The lowest BCUT2D eigenvalue weighted by molar-refractivity contribution is 0.268. The number of hydrogen-bond acceptors (Lipinski definition) is 5. The Morgan fingerprint density at radius 3 is 2.79 bits per heavy atom. The SMILES string of the molecule is COc1cc(CO)cc(Cl)c1OCc1nncn1C. The molecule has 7 heteroatoms. The van der Waals surface area contributed by atoms with Crippen LogP contribution < -0.4 is 9.47 Å². The van der Waals surface area contributed by atoms with E-state index in [0.29, 0.717) is 27.9 Å². The molecule has 1 N–H and O–H groups in total. The lowest BCUT2D eigenvalue weighted by atomic mass is 10.2. The van der Waals surface area contributed by atoms with Gasteiger partial charge in [-0.25, -0.2) is 0 Å². The molecule has 0 aliphatic heterocycles. The molecule has 2 rings (SSSR count). The van der Waals surface area contributed by atoms with E-state index in [9.17, 15) is 0 Å². The summed E-state index contributed by atoms with van der Waals surface area (Å²) in [5, 5.41) is 17.2. The largest absolute Gasteiger partial charge is 0.493 e. The molecule has 0 aliphatic carbocycles. The van der Waals surface area contributed by atoms with Crippen LogP contribution >= 0.6 is 11.6 Å². The van der Waals surface area contributed by atoms with Gasteiger partial charge in [-0.3, -0.25) is 0 Å². The van der Waals surface area contributed by atoms with Crippen LogP contribution in [0.5, 0.6) is 11.5 Å². The number of ether oxygens (including phenoxy) is 2. The molecule has 102 valence electrons. The van der Waals surface area contributed by atoms with Crippen molar-refractivity contribution in [3.05, 3.63) is 34.9 Å². The van der Waals surface area contributed by atoms with Crippen molar-refractivity contribution in [3.63, 3.8) is 0 Å². The first kappa shape index (κ1) is 13.6. The zero-order chi connectivity index (χ0) is 13.8. The number of methoxy groups -OCH3 is 1. The topological polar surface area (TPSA) is 69.4 Å². The summed E-state index contributed by atoms with van der Waals surface area (Å²) >= 11 is 6.11. The molecule has 0 fully saturated rings. The minimum atomic E-state index is -0.111. The highest BCUT2D eigenvalue weighted by molar-refractivity contribution is 6.32. The number of aliphatic hydroxyl groups excluding tert-OH is 1. The lowest BCUT2D eigenvalue weighted by Crippen LogP contribution is -2.04. The van der Waals surface area contributed by atoms with Gasteiger partial charge < -0.3 is 19.1 Å². The Bertz CT molecular complexity index is 571. The van der Waals surface area contributed by atoms with Crippen molar-refractivity contribution in [2.45, 2.75) is 13.2 Å². The Balaban J connectivity index is 2.22. The minimum absolute atomic E-state index is 0.111. The van der Waals surface area contributed by atoms with E-state index in [0.717, 1.165) is 0 Å². The van der Waals surface area contributed by atoms with Crippen LogP contribution in [0.2, 0.25) is 5.02 Å². The van der Waals surface area contributed by atoms with Gasteiger partial charge in [-0.15, -0.1) is 10.2 Å². The van der Waals surface area contributed by atoms with Gasteiger partial charge in [0.15, 0.2) is 17.3 Å². The average Bonchev–Trinajstić information content (AvgIpc) is 2.82. The van der Waals surface area contributed by atoms with Crippen LogP contribution in [0.1, 0.15) is 11.4 Å². The summed E-state index contributed by atoms with van der Waals surface area (Å²) in [4.78, 5) is 0. The van der Waals surface area contributed by atoms with E-state index >= 15 is 0 Å². The summed E-state index contributed by atoms with van der Waals surface area (Å²) in [5.74, 6) is 1.56. The van der Waals surface area contributed by atoms with Crippen molar-refractivity contribution < 1.29 is 14.6 Å². The van der Waals surface area contributed by atoms with E-state index in [2.05, 4.69) is 10.2 Å². The molecule has 0 spiro atoms. The number of aryl methyl sites for hydroxylation is 1. The average molecular weight is 284 g/mol. The van der Waals surface area contributed by atoms with Crippen molar-refractivity contribution in [1.29, 1.82) is 0 Å². The van der Waals surface area contributed by atoms with Gasteiger partial charge in [0, 0.05) is 7.05 Å². The molecule has 19 heavy (non-hydrogen) atoms. The van der Waals surface area contributed by atoms with Gasteiger partial charge in [-0.05, 0) is 17.7 Å². The van der Waals surface area contributed by atoms with Crippen molar-refractivity contribution in [2.24, 2.45) is 7.05 Å². The molecule has 6 nitrogen and oxygen atoms in total.